The van der Waals surface area contributed by atoms with E-state index in [9.17, 15) is 0 Å². The first-order chi connectivity index (χ1) is 13.9. The third kappa shape index (κ3) is 51.7. The van der Waals surface area contributed by atoms with Gasteiger partial charge in [0, 0.05) is 0 Å². The Hall–Kier alpha value is 1.33. The summed E-state index contributed by atoms with van der Waals surface area (Å²) in [6.45, 7) is 13.5. The van der Waals surface area contributed by atoms with Crippen LogP contribution in [0.25, 0.3) is 0 Å². The van der Waals surface area contributed by atoms with E-state index < -0.39 is 1.44 Å². The average molecular weight is 756 g/mol. The Morgan fingerprint density at radius 2 is 0.833 bits per heavy atom. The number of hydrogen-bond donors (Lipinski definition) is 0. The molecule has 0 bridgehead atoms. The van der Waals surface area contributed by atoms with Crippen LogP contribution in [0.1, 0.15) is 69.8 Å². The maximum atomic E-state index is 7.50. The van der Waals surface area contributed by atoms with Crippen molar-refractivity contribution in [2.24, 2.45) is 0 Å². The summed E-state index contributed by atoms with van der Waals surface area (Å²) in [5.41, 5.74) is 1.05. The van der Waals surface area contributed by atoms with E-state index in [-0.39, 0.29) is 17.1 Å². The van der Waals surface area contributed by atoms with Gasteiger partial charge in [-0.3, -0.25) is 0 Å². The molecule has 0 aliphatic heterocycles. The molecule has 0 heterocycles. The first-order valence-electron chi connectivity index (χ1n) is 8.82. The van der Waals surface area contributed by atoms with Crippen molar-refractivity contribution in [1.82, 2.24) is 0 Å². The molecule has 1 aromatic carbocycles. The Bertz CT molecular complexity index is 457. The Morgan fingerprint density at radius 1 is 0.633 bits per heavy atom. The Labute approximate surface area is 233 Å². The van der Waals surface area contributed by atoms with Gasteiger partial charge in [-0.1, -0.05) is 64.2 Å². The molecule has 0 spiro atoms. The Balaban J connectivity index is -0.0000000859. The van der Waals surface area contributed by atoms with Gasteiger partial charge in [0.05, 0.1) is 0 Å². The zero-order valence-electron chi connectivity index (χ0n) is 16.5. The quantitative estimate of drug-likeness (QED) is 0.158. The zero-order valence-corrected chi connectivity index (χ0v) is 25.0. The Morgan fingerprint density at radius 3 is 0.967 bits per heavy atom. The number of hydrogen-bond acceptors (Lipinski definition) is 0. The van der Waals surface area contributed by atoms with Gasteiger partial charge in [0.15, 0.2) is 0 Å². The molecule has 1 aromatic rings. The van der Waals surface area contributed by atoms with E-state index in [0.717, 1.165) is 5.56 Å². The summed E-state index contributed by atoms with van der Waals surface area (Å²) in [6.07, 6.45) is 15.0. The van der Waals surface area contributed by atoms with Crippen molar-refractivity contribution in [2.75, 3.05) is 0 Å². The molecular formula is C20H25BBr4Fe2O3+2. The van der Waals surface area contributed by atoms with Gasteiger partial charge in [-0.15, -0.1) is 0 Å². The molecule has 168 valence electrons. The molecule has 0 atom stereocenters. The first kappa shape index (κ1) is 41.6. The van der Waals surface area contributed by atoms with Crippen LogP contribution >= 0.6 is 63.0 Å². The van der Waals surface area contributed by atoms with Crippen molar-refractivity contribution in [3.8, 4) is 0 Å². The molecule has 0 amide bonds. The minimum atomic E-state index is -0.750. The van der Waals surface area contributed by atoms with E-state index in [2.05, 4.69) is 103 Å². The van der Waals surface area contributed by atoms with Gasteiger partial charge >= 0.3 is 107 Å². The molecule has 10 heteroatoms. The molecule has 2 aliphatic carbocycles. The molecule has 0 aromatic heterocycles. The summed E-state index contributed by atoms with van der Waals surface area (Å²) >= 11 is 16.3. The van der Waals surface area contributed by atoms with Crippen LogP contribution in [0.5, 0.6) is 0 Å². The van der Waals surface area contributed by atoms with E-state index in [1.807, 2.05) is 30.3 Å². The van der Waals surface area contributed by atoms with Crippen LogP contribution in [0.15, 0.2) is 30.3 Å². The monoisotopic (exact) mass is 752 g/mol. The standard InChI is InChI=1S/C7H5.2C5H10.3CO.BBr4.2Fe/c1-7-5-3-2-4-6-7;2*1-2-4-5-3-1;3*1-2;2-1(3,4)5;;/h2-6H;2*1-5H2;;;;;;/q-1;;;;;;-1;+1;+3. The predicted molar refractivity (Wildman–Crippen MR) is 130 cm³/mol. The molecule has 3 nitrogen and oxygen atoms in total. The second-order valence-corrected chi connectivity index (χ2v) is 18.6. The van der Waals surface area contributed by atoms with Crippen LogP contribution in [0.4, 0.5) is 0 Å². The Kier molecular flexibility index (Phi) is 52.2. The molecule has 2 fully saturated rings. The molecular weight excluding hydrogens is 730 g/mol. The van der Waals surface area contributed by atoms with Crippen molar-refractivity contribution >= 4 is 69.4 Å². The average Bonchev–Trinajstić information content (AvgIpc) is 3.51. The molecule has 2 saturated carbocycles. The first-order valence-corrected chi connectivity index (χ1v) is 13.0. The summed E-state index contributed by atoms with van der Waals surface area (Å²) in [4.78, 5) is 2.78. The van der Waals surface area contributed by atoms with E-state index in [4.69, 9.17) is 14.0 Å². The molecule has 0 unspecified atom stereocenters. The topological polar surface area (TPSA) is 59.7 Å². The van der Waals surface area contributed by atoms with Crippen LogP contribution in [0.3, 0.4) is 0 Å². The number of benzene rings is 1. The maximum absolute atomic E-state index is 7.50. The molecule has 0 N–H and O–H groups in total. The van der Waals surface area contributed by atoms with E-state index in [1.54, 1.807) is 0 Å². The van der Waals surface area contributed by atoms with Crippen molar-refractivity contribution in [1.29, 1.82) is 0 Å². The van der Waals surface area contributed by atoms with E-state index in [0.29, 0.717) is 0 Å². The summed E-state index contributed by atoms with van der Waals surface area (Å²) in [5.74, 6) is 0. The van der Waals surface area contributed by atoms with E-state index in [1.165, 1.54) is 64.2 Å². The van der Waals surface area contributed by atoms with E-state index >= 15 is 0 Å². The van der Waals surface area contributed by atoms with Crippen LogP contribution in [0, 0.1) is 20.0 Å². The fraction of sp³-hybridized carbons (Fsp3) is 0.500. The molecule has 0 saturated heterocycles. The van der Waals surface area contributed by atoms with Crippen LogP contribution in [0.2, 0.25) is 0 Å². The van der Waals surface area contributed by atoms with Crippen molar-refractivity contribution < 1.29 is 46.6 Å². The molecule has 3 rings (SSSR count). The van der Waals surface area contributed by atoms with Gasteiger partial charge in [-0.2, -0.15) is 0 Å². The second kappa shape index (κ2) is 37.6. The number of rotatable bonds is 1. The van der Waals surface area contributed by atoms with Crippen molar-refractivity contribution in [3.63, 3.8) is 0 Å². The predicted octanol–water partition coefficient (Wildman–Crippen LogP) is 8.05. The van der Waals surface area contributed by atoms with Gasteiger partial charge in [0.25, 0.3) is 0 Å². The summed E-state index contributed by atoms with van der Waals surface area (Å²) in [6, 6.07) is 9.84. The summed E-state index contributed by atoms with van der Waals surface area (Å²) in [5, 5.41) is 0. The zero-order chi connectivity index (χ0) is 23.4. The summed E-state index contributed by atoms with van der Waals surface area (Å²) < 4.78 is 21.8. The van der Waals surface area contributed by atoms with Crippen LogP contribution in [-0.2, 0) is 46.6 Å². The SMILES string of the molecule is Br[B-](Br)(Br)Br.C1CCCC1.C1CCCC1.[C-]#[O+].[C-]#[O+].[C-]#[O+].[Fe+3].[Fe+]=[C-]c1ccccc1. The fourth-order valence-corrected chi connectivity index (χ4v) is 2.45. The normalized spacial score (nSPS) is 12.5. The van der Waals surface area contributed by atoms with Crippen molar-refractivity contribution in [2.45, 2.75) is 64.2 Å². The van der Waals surface area contributed by atoms with Gasteiger partial charge < -0.3 is 63.0 Å². The minimum absolute atomic E-state index is 0. The van der Waals surface area contributed by atoms with Crippen LogP contribution in [-0.4, -0.2) is 6.36 Å². The summed E-state index contributed by atoms with van der Waals surface area (Å²) in [7, 11) is 0. The third-order valence-corrected chi connectivity index (χ3v) is 3.69. The van der Waals surface area contributed by atoms with Gasteiger partial charge in [-0.05, 0) is 0 Å². The van der Waals surface area contributed by atoms with Crippen molar-refractivity contribution in [3.05, 3.63) is 55.8 Å². The van der Waals surface area contributed by atoms with Crippen LogP contribution < -0.4 is 0 Å². The third-order valence-electron chi connectivity index (χ3n) is 3.38. The number of halogens is 4. The van der Waals surface area contributed by atoms with Gasteiger partial charge in [-0.25, -0.2) is 0 Å². The molecule has 30 heavy (non-hydrogen) atoms. The molecule has 2 aliphatic rings. The van der Waals surface area contributed by atoms with Gasteiger partial charge in [0.2, 0.25) is 1.44 Å². The van der Waals surface area contributed by atoms with Gasteiger partial charge in [0.1, 0.15) is 0 Å². The fourth-order valence-electron chi connectivity index (χ4n) is 2.26. The second-order valence-electron chi connectivity index (χ2n) is 5.48. The molecule has 1 radical (unpaired) electrons.